The van der Waals surface area contributed by atoms with Crippen molar-refractivity contribution in [1.82, 2.24) is 4.98 Å². The first-order chi connectivity index (χ1) is 12.3. The number of nitrogens with two attached hydrogens (primary N) is 2. The highest BCUT2D eigenvalue weighted by atomic mass is 35.5. The van der Waals surface area contributed by atoms with Crippen LogP contribution in [0.1, 0.15) is 46.1 Å². The van der Waals surface area contributed by atoms with E-state index in [1.165, 1.54) is 6.07 Å². The molecule has 0 amide bonds. The third-order valence-corrected chi connectivity index (χ3v) is 5.66. The van der Waals surface area contributed by atoms with Crippen molar-refractivity contribution in [1.29, 1.82) is 5.26 Å². The molecule has 0 bridgehead atoms. The van der Waals surface area contributed by atoms with Gasteiger partial charge in [0.05, 0.1) is 16.3 Å². The number of nitrogen functional groups attached to an aromatic ring is 2. The summed E-state index contributed by atoms with van der Waals surface area (Å²) in [6, 6.07) is 6.74. The van der Waals surface area contributed by atoms with Crippen molar-refractivity contribution in [2.24, 2.45) is 0 Å². The molecule has 132 valence electrons. The molecule has 0 saturated heterocycles. The number of pyridine rings is 1. The molecule has 3 rings (SSSR count). The molecule has 8 heteroatoms. The minimum Gasteiger partial charge on any atom is -0.397 e. The first-order valence-electron chi connectivity index (χ1n) is 7.67. The number of fused-ring (bicyclic) bond motifs is 1. The summed E-state index contributed by atoms with van der Waals surface area (Å²) in [6.07, 6.45) is 0. The summed E-state index contributed by atoms with van der Waals surface area (Å²) in [5.41, 5.74) is 13.8. The minimum absolute atomic E-state index is 0.0172. The number of carbonyl (C=O) groups is 1. The fourth-order valence-electron chi connectivity index (χ4n) is 2.86. The molecule has 0 aliphatic heterocycles. The van der Waals surface area contributed by atoms with Gasteiger partial charge in [-0.05, 0) is 29.7 Å². The fourth-order valence-corrected chi connectivity index (χ4v) is 4.43. The number of anilines is 2. The van der Waals surface area contributed by atoms with Crippen molar-refractivity contribution in [3.63, 3.8) is 0 Å². The first kappa shape index (κ1) is 18.5. The lowest BCUT2D eigenvalue weighted by atomic mass is 9.94. The Morgan fingerprint density at radius 3 is 2.58 bits per heavy atom. The van der Waals surface area contributed by atoms with Crippen LogP contribution in [0.5, 0.6) is 0 Å². The van der Waals surface area contributed by atoms with E-state index < -0.39 is 0 Å². The standard InChI is InChI=1S/C18H14Cl2N4OS/c1-7(2)12-10(6-21)17(23)24-18-13(12)14(22)16(26-18)15(25)9-4-3-8(19)5-11(9)20/h3-5,7H,22H2,1-2H3,(H2,23,24). The summed E-state index contributed by atoms with van der Waals surface area (Å²) in [7, 11) is 0. The second-order valence-electron chi connectivity index (χ2n) is 6.03. The highest BCUT2D eigenvalue weighted by Gasteiger charge is 2.26. The van der Waals surface area contributed by atoms with E-state index in [0.717, 1.165) is 11.3 Å². The predicted octanol–water partition coefficient (Wildman–Crippen LogP) is 4.99. The van der Waals surface area contributed by atoms with Gasteiger partial charge in [-0.1, -0.05) is 37.0 Å². The summed E-state index contributed by atoms with van der Waals surface area (Å²) >= 11 is 13.2. The van der Waals surface area contributed by atoms with E-state index in [1.807, 2.05) is 13.8 Å². The van der Waals surface area contributed by atoms with Gasteiger partial charge in [0, 0.05) is 16.0 Å². The van der Waals surface area contributed by atoms with E-state index in [9.17, 15) is 10.1 Å². The Kier molecular flexibility index (Phi) is 4.80. The molecule has 0 saturated carbocycles. The van der Waals surface area contributed by atoms with Gasteiger partial charge >= 0.3 is 0 Å². The molecule has 0 radical (unpaired) electrons. The molecule has 3 aromatic rings. The number of ketones is 1. The normalized spacial score (nSPS) is 11.1. The average molecular weight is 405 g/mol. The van der Waals surface area contributed by atoms with Gasteiger partial charge in [0.25, 0.3) is 0 Å². The number of aromatic nitrogens is 1. The van der Waals surface area contributed by atoms with Crippen LogP contribution in [-0.2, 0) is 0 Å². The molecule has 4 N–H and O–H groups in total. The number of rotatable bonds is 3. The lowest BCUT2D eigenvalue weighted by molar-refractivity contribution is 0.104. The SMILES string of the molecule is CC(C)c1c(C#N)c(N)nc2sc(C(=O)c3ccc(Cl)cc3Cl)c(N)c12. The number of nitriles is 1. The molecule has 0 aliphatic rings. The summed E-state index contributed by atoms with van der Waals surface area (Å²) in [4.78, 5) is 18.1. The van der Waals surface area contributed by atoms with E-state index in [-0.39, 0.29) is 28.2 Å². The van der Waals surface area contributed by atoms with Gasteiger partial charge in [-0.3, -0.25) is 4.79 Å². The molecule has 2 heterocycles. The van der Waals surface area contributed by atoms with E-state index in [1.54, 1.807) is 12.1 Å². The van der Waals surface area contributed by atoms with Crippen LogP contribution in [0.15, 0.2) is 18.2 Å². The molecule has 0 unspecified atom stereocenters. The van der Waals surface area contributed by atoms with Crippen LogP contribution in [0, 0.1) is 11.3 Å². The zero-order valence-electron chi connectivity index (χ0n) is 13.9. The molecule has 1 aromatic carbocycles. The zero-order chi connectivity index (χ0) is 19.2. The summed E-state index contributed by atoms with van der Waals surface area (Å²) in [5.74, 6) is -0.205. The number of halogens is 2. The summed E-state index contributed by atoms with van der Waals surface area (Å²) in [5, 5.41) is 10.7. The number of hydrogen-bond acceptors (Lipinski definition) is 6. The quantitative estimate of drug-likeness (QED) is 0.597. The van der Waals surface area contributed by atoms with E-state index in [4.69, 9.17) is 34.7 Å². The van der Waals surface area contributed by atoms with Crippen molar-refractivity contribution < 1.29 is 4.79 Å². The molecule has 0 aliphatic carbocycles. The van der Waals surface area contributed by atoms with E-state index in [0.29, 0.717) is 36.8 Å². The van der Waals surface area contributed by atoms with Crippen molar-refractivity contribution in [2.45, 2.75) is 19.8 Å². The maximum Gasteiger partial charge on any atom is 0.206 e. The fraction of sp³-hybridized carbons (Fsp3) is 0.167. The van der Waals surface area contributed by atoms with Gasteiger partial charge in [-0.25, -0.2) is 4.98 Å². The van der Waals surface area contributed by atoms with Gasteiger partial charge in [-0.15, -0.1) is 11.3 Å². The predicted molar refractivity (Wildman–Crippen MR) is 107 cm³/mol. The Morgan fingerprint density at radius 2 is 2.00 bits per heavy atom. The molecule has 0 fully saturated rings. The minimum atomic E-state index is -0.320. The summed E-state index contributed by atoms with van der Waals surface area (Å²) in [6.45, 7) is 3.87. The van der Waals surface area contributed by atoms with Gasteiger partial charge in [0.2, 0.25) is 5.78 Å². The van der Waals surface area contributed by atoms with E-state index in [2.05, 4.69) is 11.1 Å². The third kappa shape index (κ3) is 2.88. The second kappa shape index (κ2) is 6.76. The molecular weight excluding hydrogens is 391 g/mol. The van der Waals surface area contributed by atoms with Crippen LogP contribution in [0.25, 0.3) is 10.2 Å². The molecule has 0 spiro atoms. The summed E-state index contributed by atoms with van der Waals surface area (Å²) < 4.78 is 0. The van der Waals surface area contributed by atoms with Gasteiger partial charge < -0.3 is 11.5 Å². The number of hydrogen-bond donors (Lipinski definition) is 2. The van der Waals surface area contributed by atoms with Crippen molar-refractivity contribution in [2.75, 3.05) is 11.5 Å². The maximum absolute atomic E-state index is 13.0. The van der Waals surface area contributed by atoms with Gasteiger partial charge in [0.15, 0.2) is 0 Å². The molecule has 5 nitrogen and oxygen atoms in total. The topological polar surface area (TPSA) is 106 Å². The molecule has 26 heavy (non-hydrogen) atoms. The lowest BCUT2D eigenvalue weighted by Crippen LogP contribution is -2.05. The Hall–Kier alpha value is -2.33. The van der Waals surface area contributed by atoms with Crippen LogP contribution in [-0.4, -0.2) is 10.8 Å². The van der Waals surface area contributed by atoms with E-state index >= 15 is 0 Å². The highest BCUT2D eigenvalue weighted by Crippen LogP contribution is 2.41. The number of carbonyl (C=O) groups excluding carboxylic acids is 1. The highest BCUT2D eigenvalue weighted by molar-refractivity contribution is 7.21. The van der Waals surface area contributed by atoms with Crippen LogP contribution in [0.4, 0.5) is 11.5 Å². The monoisotopic (exact) mass is 404 g/mol. The number of nitrogens with zero attached hydrogens (tertiary/aromatic N) is 2. The largest absolute Gasteiger partial charge is 0.397 e. The Labute approximate surface area is 164 Å². The smallest absolute Gasteiger partial charge is 0.206 e. The zero-order valence-corrected chi connectivity index (χ0v) is 16.3. The number of thiophene rings is 1. The Balaban J connectivity index is 2.30. The van der Waals surface area contributed by atoms with Crippen molar-refractivity contribution in [3.8, 4) is 6.07 Å². The van der Waals surface area contributed by atoms with Crippen molar-refractivity contribution in [3.05, 3.63) is 49.8 Å². The van der Waals surface area contributed by atoms with Crippen molar-refractivity contribution >= 4 is 62.0 Å². The van der Waals surface area contributed by atoms with Gasteiger partial charge in [-0.2, -0.15) is 5.26 Å². The number of benzene rings is 1. The third-order valence-electron chi connectivity index (χ3n) is 4.01. The average Bonchev–Trinajstić information content (AvgIpc) is 2.89. The lowest BCUT2D eigenvalue weighted by Gasteiger charge is -2.12. The maximum atomic E-state index is 13.0. The first-order valence-corrected chi connectivity index (χ1v) is 9.24. The van der Waals surface area contributed by atoms with Gasteiger partial charge in [0.1, 0.15) is 21.6 Å². The Bertz CT molecular complexity index is 1100. The van der Waals surface area contributed by atoms with Crippen LogP contribution in [0.2, 0.25) is 10.0 Å². The molecule has 2 aromatic heterocycles. The molecular formula is C18H14Cl2N4OS. The van der Waals surface area contributed by atoms with Crippen LogP contribution in [0.3, 0.4) is 0 Å². The molecule has 0 atom stereocenters. The Morgan fingerprint density at radius 1 is 1.31 bits per heavy atom. The van der Waals surface area contributed by atoms with Crippen LogP contribution >= 0.6 is 34.5 Å². The van der Waals surface area contributed by atoms with Crippen LogP contribution < -0.4 is 11.5 Å². The second-order valence-corrected chi connectivity index (χ2v) is 7.87.